The van der Waals surface area contributed by atoms with E-state index in [2.05, 4.69) is 10.6 Å². The highest BCUT2D eigenvalue weighted by atomic mass is 16.3. The third-order valence-electron chi connectivity index (χ3n) is 2.81. The average Bonchev–Trinajstić information content (AvgIpc) is 3.15. The predicted molar refractivity (Wildman–Crippen MR) is 65.5 cm³/mol. The Hall–Kier alpha value is -1.55. The van der Waals surface area contributed by atoms with Gasteiger partial charge in [0.05, 0.1) is 0 Å². The summed E-state index contributed by atoms with van der Waals surface area (Å²) in [6.45, 7) is 2.19. The topological polar surface area (TPSA) is 61.4 Å². The molecule has 1 aromatic carbocycles. The van der Waals surface area contributed by atoms with Crippen molar-refractivity contribution in [3.8, 4) is 5.75 Å². The Balaban J connectivity index is 1.56. The summed E-state index contributed by atoms with van der Waals surface area (Å²) in [4.78, 5) is 11.3. The fourth-order valence-electron chi connectivity index (χ4n) is 1.61. The molecule has 1 amide bonds. The maximum absolute atomic E-state index is 11.3. The Morgan fingerprint density at radius 2 is 1.94 bits per heavy atom. The quantitative estimate of drug-likeness (QED) is 0.644. The predicted octanol–water partition coefficient (Wildman–Crippen LogP) is 1.01. The molecule has 17 heavy (non-hydrogen) atoms. The van der Waals surface area contributed by atoms with Crippen molar-refractivity contribution in [3.63, 3.8) is 0 Å². The molecule has 4 heteroatoms. The minimum atomic E-state index is 0.191. The van der Waals surface area contributed by atoms with Crippen LogP contribution in [0.4, 0.5) is 0 Å². The van der Waals surface area contributed by atoms with Crippen LogP contribution >= 0.6 is 0 Å². The molecule has 0 spiro atoms. The lowest BCUT2D eigenvalue weighted by Gasteiger charge is -2.06. The molecule has 0 radical (unpaired) electrons. The van der Waals surface area contributed by atoms with Crippen molar-refractivity contribution in [3.05, 3.63) is 29.8 Å². The summed E-state index contributed by atoms with van der Waals surface area (Å²) in [6.07, 6.45) is 2.10. The minimum Gasteiger partial charge on any atom is -0.508 e. The second-order valence-corrected chi connectivity index (χ2v) is 4.41. The first-order valence-electron chi connectivity index (χ1n) is 6.02. The van der Waals surface area contributed by atoms with E-state index in [1.165, 1.54) is 0 Å². The van der Waals surface area contributed by atoms with Gasteiger partial charge in [0, 0.05) is 25.6 Å². The second-order valence-electron chi connectivity index (χ2n) is 4.41. The molecule has 0 heterocycles. The van der Waals surface area contributed by atoms with Crippen LogP contribution in [-0.2, 0) is 11.3 Å². The SMILES string of the molecule is O=C(NCCNCc1ccc(O)cc1)C1CC1. The summed E-state index contributed by atoms with van der Waals surface area (Å²) >= 11 is 0. The van der Waals surface area contributed by atoms with E-state index in [1.807, 2.05) is 12.1 Å². The molecule has 2 rings (SSSR count). The number of hydrogen-bond donors (Lipinski definition) is 3. The summed E-state index contributed by atoms with van der Waals surface area (Å²) < 4.78 is 0. The molecule has 0 bridgehead atoms. The normalized spacial score (nSPS) is 14.6. The Morgan fingerprint density at radius 3 is 2.59 bits per heavy atom. The number of amides is 1. The van der Waals surface area contributed by atoms with Gasteiger partial charge in [-0.05, 0) is 30.5 Å². The smallest absolute Gasteiger partial charge is 0.223 e. The van der Waals surface area contributed by atoms with Crippen LogP contribution in [0.1, 0.15) is 18.4 Å². The first-order chi connectivity index (χ1) is 8.25. The number of phenols is 1. The minimum absolute atomic E-state index is 0.191. The van der Waals surface area contributed by atoms with Crippen molar-refractivity contribution in [2.75, 3.05) is 13.1 Å². The van der Waals surface area contributed by atoms with Gasteiger partial charge in [-0.2, -0.15) is 0 Å². The number of carbonyl (C=O) groups excluding carboxylic acids is 1. The van der Waals surface area contributed by atoms with E-state index in [0.29, 0.717) is 6.54 Å². The van der Waals surface area contributed by atoms with Crippen molar-refractivity contribution < 1.29 is 9.90 Å². The zero-order chi connectivity index (χ0) is 12.1. The van der Waals surface area contributed by atoms with E-state index in [4.69, 9.17) is 5.11 Å². The summed E-state index contributed by atoms with van der Waals surface area (Å²) in [5, 5.41) is 15.3. The molecule has 1 aliphatic rings. The standard InChI is InChI=1S/C13H18N2O2/c16-12-5-1-10(2-6-12)9-14-7-8-15-13(17)11-3-4-11/h1-2,5-6,11,14,16H,3-4,7-9H2,(H,15,17). The first-order valence-corrected chi connectivity index (χ1v) is 6.02. The second kappa shape index (κ2) is 5.68. The van der Waals surface area contributed by atoms with Gasteiger partial charge in [0.2, 0.25) is 5.91 Å². The van der Waals surface area contributed by atoms with Crippen molar-refractivity contribution in [1.29, 1.82) is 0 Å². The van der Waals surface area contributed by atoms with Crippen LogP contribution in [0, 0.1) is 5.92 Å². The maximum atomic E-state index is 11.3. The monoisotopic (exact) mass is 234 g/mol. The summed E-state index contributed by atoms with van der Waals surface area (Å²) in [7, 11) is 0. The van der Waals surface area contributed by atoms with E-state index in [-0.39, 0.29) is 17.6 Å². The van der Waals surface area contributed by atoms with Crippen LogP contribution in [0.25, 0.3) is 0 Å². The Morgan fingerprint density at radius 1 is 1.24 bits per heavy atom. The maximum Gasteiger partial charge on any atom is 0.223 e. The van der Waals surface area contributed by atoms with Crippen molar-refractivity contribution >= 4 is 5.91 Å². The molecule has 1 fully saturated rings. The molecule has 0 aromatic heterocycles. The third kappa shape index (κ3) is 4.07. The van der Waals surface area contributed by atoms with Gasteiger partial charge in [-0.1, -0.05) is 12.1 Å². The van der Waals surface area contributed by atoms with Gasteiger partial charge in [-0.25, -0.2) is 0 Å². The van der Waals surface area contributed by atoms with E-state index in [0.717, 1.165) is 31.5 Å². The van der Waals surface area contributed by atoms with Gasteiger partial charge < -0.3 is 15.7 Å². The molecule has 0 aliphatic heterocycles. The highest BCUT2D eigenvalue weighted by molar-refractivity contribution is 5.80. The number of phenolic OH excluding ortho intramolecular Hbond substituents is 1. The molecular weight excluding hydrogens is 216 g/mol. The van der Waals surface area contributed by atoms with Crippen LogP contribution in [0.15, 0.2) is 24.3 Å². The third-order valence-corrected chi connectivity index (χ3v) is 2.81. The molecule has 1 saturated carbocycles. The van der Waals surface area contributed by atoms with Crippen molar-refractivity contribution in [2.45, 2.75) is 19.4 Å². The summed E-state index contributed by atoms with van der Waals surface area (Å²) in [5.74, 6) is 0.758. The van der Waals surface area contributed by atoms with E-state index in [9.17, 15) is 4.79 Å². The van der Waals surface area contributed by atoms with Gasteiger partial charge in [0.25, 0.3) is 0 Å². The molecule has 4 nitrogen and oxygen atoms in total. The first kappa shape index (κ1) is 11.9. The number of aromatic hydroxyl groups is 1. The summed E-state index contributed by atoms with van der Waals surface area (Å²) in [5.41, 5.74) is 1.12. The fraction of sp³-hybridized carbons (Fsp3) is 0.462. The van der Waals surface area contributed by atoms with E-state index < -0.39 is 0 Å². The van der Waals surface area contributed by atoms with Crippen molar-refractivity contribution in [1.82, 2.24) is 10.6 Å². The van der Waals surface area contributed by atoms with Gasteiger partial charge in [-0.15, -0.1) is 0 Å². The van der Waals surface area contributed by atoms with Crippen LogP contribution in [0.3, 0.4) is 0 Å². The highest BCUT2D eigenvalue weighted by Crippen LogP contribution is 2.28. The average molecular weight is 234 g/mol. The fourth-order valence-corrected chi connectivity index (χ4v) is 1.61. The number of hydrogen-bond acceptors (Lipinski definition) is 3. The molecule has 1 aliphatic carbocycles. The van der Waals surface area contributed by atoms with E-state index >= 15 is 0 Å². The molecule has 92 valence electrons. The highest BCUT2D eigenvalue weighted by Gasteiger charge is 2.28. The molecular formula is C13H18N2O2. The van der Waals surface area contributed by atoms with Gasteiger partial charge in [0.1, 0.15) is 5.75 Å². The molecule has 0 saturated heterocycles. The van der Waals surface area contributed by atoms with Crippen LogP contribution in [-0.4, -0.2) is 24.1 Å². The molecule has 0 atom stereocenters. The number of rotatable bonds is 6. The van der Waals surface area contributed by atoms with Crippen LogP contribution in [0.2, 0.25) is 0 Å². The Labute approximate surface area is 101 Å². The molecule has 0 unspecified atom stereocenters. The summed E-state index contributed by atoms with van der Waals surface area (Å²) in [6, 6.07) is 7.11. The van der Waals surface area contributed by atoms with Gasteiger partial charge in [0.15, 0.2) is 0 Å². The largest absolute Gasteiger partial charge is 0.508 e. The van der Waals surface area contributed by atoms with Crippen molar-refractivity contribution in [2.24, 2.45) is 5.92 Å². The molecule has 1 aromatic rings. The lowest BCUT2D eigenvalue weighted by atomic mass is 10.2. The van der Waals surface area contributed by atoms with Crippen LogP contribution in [0.5, 0.6) is 5.75 Å². The number of carbonyl (C=O) groups is 1. The molecule has 3 N–H and O–H groups in total. The van der Waals surface area contributed by atoms with E-state index in [1.54, 1.807) is 12.1 Å². The zero-order valence-electron chi connectivity index (χ0n) is 9.78. The zero-order valence-corrected chi connectivity index (χ0v) is 9.78. The number of benzene rings is 1. The number of nitrogens with one attached hydrogen (secondary N) is 2. The lowest BCUT2D eigenvalue weighted by Crippen LogP contribution is -2.32. The Kier molecular flexibility index (Phi) is 3.98. The van der Waals surface area contributed by atoms with Gasteiger partial charge in [-0.3, -0.25) is 4.79 Å². The lowest BCUT2D eigenvalue weighted by molar-refractivity contribution is -0.122. The van der Waals surface area contributed by atoms with Gasteiger partial charge >= 0.3 is 0 Å². The Bertz CT molecular complexity index is 372. The van der Waals surface area contributed by atoms with Crippen LogP contribution < -0.4 is 10.6 Å².